The van der Waals surface area contributed by atoms with Crippen molar-refractivity contribution in [3.05, 3.63) is 47.2 Å². The molecule has 0 spiro atoms. The Balaban J connectivity index is 1.52. The molecule has 1 aliphatic heterocycles. The Labute approximate surface area is 152 Å². The van der Waals surface area contributed by atoms with E-state index in [0.29, 0.717) is 18.7 Å². The van der Waals surface area contributed by atoms with Crippen molar-refractivity contribution in [1.29, 1.82) is 0 Å². The van der Waals surface area contributed by atoms with Crippen LogP contribution < -0.4 is 10.6 Å². The number of aryl methyl sites for hydroxylation is 1. The average Bonchev–Trinajstić information content (AvgIpc) is 3.02. The number of benzene rings is 1. The summed E-state index contributed by atoms with van der Waals surface area (Å²) in [5, 5.41) is 6.81. The lowest BCUT2D eigenvalue weighted by Crippen LogP contribution is -2.47. The van der Waals surface area contributed by atoms with Gasteiger partial charge >= 0.3 is 0 Å². The SMILES string of the molecule is CNc1snc(C)c1C(=O)NCC1CN(Cc2ccccc2)CCO1. The molecule has 0 radical (unpaired) electrons. The molecule has 1 aromatic heterocycles. The molecule has 0 bridgehead atoms. The van der Waals surface area contributed by atoms with Crippen LogP contribution in [0.5, 0.6) is 0 Å². The largest absolute Gasteiger partial charge is 0.378 e. The van der Waals surface area contributed by atoms with Crippen molar-refractivity contribution in [2.45, 2.75) is 19.6 Å². The number of hydrogen-bond donors (Lipinski definition) is 2. The number of ether oxygens (including phenoxy) is 1. The lowest BCUT2D eigenvalue weighted by atomic mass is 10.2. The van der Waals surface area contributed by atoms with Gasteiger partial charge in [-0.25, -0.2) is 0 Å². The molecule has 1 atom stereocenters. The summed E-state index contributed by atoms with van der Waals surface area (Å²) < 4.78 is 10.1. The van der Waals surface area contributed by atoms with E-state index < -0.39 is 0 Å². The molecule has 0 aliphatic carbocycles. The summed E-state index contributed by atoms with van der Waals surface area (Å²) in [6.07, 6.45) is 0.00588. The maximum absolute atomic E-state index is 12.5. The molecule has 2 aromatic rings. The highest BCUT2D eigenvalue weighted by Gasteiger charge is 2.23. The Morgan fingerprint density at radius 3 is 2.96 bits per heavy atom. The summed E-state index contributed by atoms with van der Waals surface area (Å²) in [4.78, 5) is 14.8. The lowest BCUT2D eigenvalue weighted by molar-refractivity contribution is -0.0292. The van der Waals surface area contributed by atoms with Crippen LogP contribution in [0.15, 0.2) is 30.3 Å². The van der Waals surface area contributed by atoms with Crippen molar-refractivity contribution in [2.75, 3.05) is 38.6 Å². The molecule has 2 N–H and O–H groups in total. The van der Waals surface area contributed by atoms with Crippen molar-refractivity contribution in [3.63, 3.8) is 0 Å². The number of rotatable bonds is 6. The van der Waals surface area contributed by atoms with E-state index in [1.54, 1.807) is 7.05 Å². The monoisotopic (exact) mass is 360 g/mol. The Hall–Kier alpha value is -1.96. The van der Waals surface area contributed by atoms with Crippen LogP contribution in [0.25, 0.3) is 0 Å². The van der Waals surface area contributed by atoms with Gasteiger partial charge in [0.05, 0.1) is 24.0 Å². The molecule has 25 heavy (non-hydrogen) atoms. The molecular weight excluding hydrogens is 336 g/mol. The molecule has 1 amide bonds. The van der Waals surface area contributed by atoms with Crippen LogP contribution in [-0.4, -0.2) is 54.6 Å². The van der Waals surface area contributed by atoms with Crippen molar-refractivity contribution < 1.29 is 9.53 Å². The molecule has 1 unspecified atom stereocenters. The van der Waals surface area contributed by atoms with Gasteiger partial charge in [0.2, 0.25) is 0 Å². The van der Waals surface area contributed by atoms with Gasteiger partial charge in [0.1, 0.15) is 5.00 Å². The molecule has 6 nitrogen and oxygen atoms in total. The maximum Gasteiger partial charge on any atom is 0.256 e. The Kier molecular flexibility index (Phi) is 6.01. The summed E-state index contributed by atoms with van der Waals surface area (Å²) in [5.74, 6) is -0.0978. The van der Waals surface area contributed by atoms with Gasteiger partial charge in [-0.15, -0.1) is 0 Å². The highest BCUT2D eigenvalue weighted by Crippen LogP contribution is 2.23. The van der Waals surface area contributed by atoms with Gasteiger partial charge in [-0.3, -0.25) is 9.69 Å². The summed E-state index contributed by atoms with van der Waals surface area (Å²) in [6, 6.07) is 10.4. The molecule has 0 saturated carbocycles. The number of carbonyl (C=O) groups is 1. The normalized spacial score (nSPS) is 18.1. The quantitative estimate of drug-likeness (QED) is 0.826. The molecule has 1 aromatic carbocycles. The van der Waals surface area contributed by atoms with Gasteiger partial charge in [0.15, 0.2) is 0 Å². The van der Waals surface area contributed by atoms with Crippen LogP contribution in [-0.2, 0) is 11.3 Å². The predicted molar refractivity (Wildman–Crippen MR) is 100 cm³/mol. The van der Waals surface area contributed by atoms with Crippen LogP contribution in [0.3, 0.4) is 0 Å². The minimum atomic E-state index is -0.0978. The van der Waals surface area contributed by atoms with Gasteiger partial charge in [-0.1, -0.05) is 30.3 Å². The Bertz CT molecular complexity index is 704. The van der Waals surface area contributed by atoms with Crippen molar-refractivity contribution in [1.82, 2.24) is 14.6 Å². The molecule has 134 valence electrons. The van der Waals surface area contributed by atoms with Crippen LogP contribution in [0.1, 0.15) is 21.6 Å². The molecule has 3 rings (SSSR count). The number of morpholine rings is 1. The number of aromatic nitrogens is 1. The molecule has 1 fully saturated rings. The number of hydrogen-bond acceptors (Lipinski definition) is 6. The summed E-state index contributed by atoms with van der Waals surface area (Å²) in [5.41, 5.74) is 2.68. The van der Waals surface area contributed by atoms with Gasteiger partial charge in [-0.2, -0.15) is 4.37 Å². The number of nitrogens with zero attached hydrogens (tertiary/aromatic N) is 2. The Morgan fingerprint density at radius 2 is 2.20 bits per heavy atom. The smallest absolute Gasteiger partial charge is 0.256 e. The molecule has 2 heterocycles. The standard InChI is InChI=1S/C18H24N4O2S/c1-13-16(18(19-2)25-21-13)17(23)20-10-15-12-22(8-9-24-15)11-14-6-4-3-5-7-14/h3-7,15,19H,8-12H2,1-2H3,(H,20,23). The summed E-state index contributed by atoms with van der Waals surface area (Å²) in [7, 11) is 1.80. The topological polar surface area (TPSA) is 66.5 Å². The molecule has 1 saturated heterocycles. The van der Waals surface area contributed by atoms with E-state index in [0.717, 1.165) is 30.3 Å². The van der Waals surface area contributed by atoms with E-state index in [1.165, 1.54) is 17.1 Å². The van der Waals surface area contributed by atoms with E-state index in [9.17, 15) is 4.79 Å². The van der Waals surface area contributed by atoms with E-state index in [1.807, 2.05) is 13.0 Å². The summed E-state index contributed by atoms with van der Waals surface area (Å²) >= 11 is 1.31. The zero-order valence-corrected chi connectivity index (χ0v) is 15.4. The second-order valence-corrected chi connectivity index (χ2v) is 6.92. The number of amides is 1. The average molecular weight is 360 g/mol. The maximum atomic E-state index is 12.5. The van der Waals surface area contributed by atoms with E-state index >= 15 is 0 Å². The zero-order chi connectivity index (χ0) is 17.6. The van der Waals surface area contributed by atoms with E-state index in [4.69, 9.17) is 4.74 Å². The zero-order valence-electron chi connectivity index (χ0n) is 14.6. The second-order valence-electron chi connectivity index (χ2n) is 6.15. The van der Waals surface area contributed by atoms with Gasteiger partial charge < -0.3 is 15.4 Å². The highest BCUT2D eigenvalue weighted by molar-refractivity contribution is 7.10. The fourth-order valence-electron chi connectivity index (χ4n) is 2.99. The van der Waals surface area contributed by atoms with Gasteiger partial charge in [0, 0.05) is 33.2 Å². The number of nitrogens with one attached hydrogen (secondary N) is 2. The third-order valence-corrected chi connectivity index (χ3v) is 5.24. The molecule has 1 aliphatic rings. The number of anilines is 1. The first-order valence-electron chi connectivity index (χ1n) is 8.47. The third-order valence-electron chi connectivity index (χ3n) is 4.28. The lowest BCUT2D eigenvalue weighted by Gasteiger charge is -2.33. The first-order valence-corrected chi connectivity index (χ1v) is 9.25. The molecule has 7 heteroatoms. The van der Waals surface area contributed by atoms with E-state index in [-0.39, 0.29) is 12.0 Å². The highest BCUT2D eigenvalue weighted by atomic mass is 32.1. The fourth-order valence-corrected chi connectivity index (χ4v) is 3.73. The van der Waals surface area contributed by atoms with Crippen LogP contribution in [0, 0.1) is 6.92 Å². The summed E-state index contributed by atoms with van der Waals surface area (Å²) in [6.45, 7) is 5.68. The van der Waals surface area contributed by atoms with Crippen molar-refractivity contribution in [2.24, 2.45) is 0 Å². The van der Waals surface area contributed by atoms with Crippen molar-refractivity contribution >= 4 is 22.4 Å². The minimum Gasteiger partial charge on any atom is -0.378 e. The fraction of sp³-hybridized carbons (Fsp3) is 0.444. The first kappa shape index (κ1) is 17.8. The molecular formula is C18H24N4O2S. The van der Waals surface area contributed by atoms with Crippen LogP contribution >= 0.6 is 11.5 Å². The van der Waals surface area contributed by atoms with Gasteiger partial charge in [0.25, 0.3) is 5.91 Å². The Morgan fingerprint density at radius 1 is 1.40 bits per heavy atom. The predicted octanol–water partition coefficient (Wildman–Crippen LogP) is 2.12. The number of carbonyl (C=O) groups excluding carboxylic acids is 1. The van der Waals surface area contributed by atoms with Crippen LogP contribution in [0.2, 0.25) is 0 Å². The minimum absolute atomic E-state index is 0.00588. The van der Waals surface area contributed by atoms with Crippen LogP contribution in [0.4, 0.5) is 5.00 Å². The van der Waals surface area contributed by atoms with Crippen molar-refractivity contribution in [3.8, 4) is 0 Å². The van der Waals surface area contributed by atoms with Gasteiger partial charge in [-0.05, 0) is 24.0 Å². The third kappa shape index (κ3) is 4.56. The first-order chi connectivity index (χ1) is 12.2. The second kappa shape index (κ2) is 8.42. The van der Waals surface area contributed by atoms with E-state index in [2.05, 4.69) is 44.2 Å².